The number of amides is 1. The first-order chi connectivity index (χ1) is 17.3. The number of methoxy groups -OCH3 is 1. The summed E-state index contributed by atoms with van der Waals surface area (Å²) in [5.41, 5.74) is 5.89. The molecule has 3 aromatic rings. The van der Waals surface area contributed by atoms with Gasteiger partial charge in [0, 0.05) is 56.2 Å². The number of aromatic nitrogens is 2. The van der Waals surface area contributed by atoms with E-state index >= 15 is 0 Å². The van der Waals surface area contributed by atoms with Gasteiger partial charge >= 0.3 is 0 Å². The van der Waals surface area contributed by atoms with Crippen LogP contribution < -0.4 is 15.0 Å². The van der Waals surface area contributed by atoms with Gasteiger partial charge < -0.3 is 19.9 Å². The van der Waals surface area contributed by atoms with Gasteiger partial charge in [0.25, 0.3) is 5.91 Å². The van der Waals surface area contributed by atoms with E-state index in [1.54, 1.807) is 11.8 Å². The number of carbonyl (C=O) groups is 1. The van der Waals surface area contributed by atoms with E-state index in [1.165, 1.54) is 13.1 Å². The van der Waals surface area contributed by atoms with E-state index in [0.717, 1.165) is 70.7 Å². The zero-order valence-corrected chi connectivity index (χ0v) is 22.0. The van der Waals surface area contributed by atoms with Crippen molar-refractivity contribution in [2.45, 2.75) is 26.8 Å². The highest BCUT2D eigenvalue weighted by Gasteiger charge is 2.39. The van der Waals surface area contributed by atoms with Crippen molar-refractivity contribution in [3.05, 3.63) is 65.5 Å². The number of hydrogen-bond donors (Lipinski definition) is 1. The topological polar surface area (TPSA) is 62.6 Å². The molecule has 190 valence electrons. The summed E-state index contributed by atoms with van der Waals surface area (Å²) >= 11 is 0. The van der Waals surface area contributed by atoms with E-state index in [1.807, 2.05) is 45.4 Å². The van der Waals surface area contributed by atoms with Crippen LogP contribution in [-0.2, 0) is 7.05 Å². The van der Waals surface area contributed by atoms with Crippen LogP contribution in [0.3, 0.4) is 0 Å². The summed E-state index contributed by atoms with van der Waals surface area (Å²) in [5, 5.41) is 7.51. The molecule has 2 saturated heterocycles. The molecule has 0 aliphatic carbocycles. The van der Waals surface area contributed by atoms with Crippen LogP contribution in [0, 0.1) is 18.8 Å². The second-order valence-electron chi connectivity index (χ2n) is 10.4. The molecule has 1 amide bonds. The molecule has 0 saturated carbocycles. The Labute approximate surface area is 214 Å². The van der Waals surface area contributed by atoms with Gasteiger partial charge in [-0.05, 0) is 79.3 Å². The molecule has 2 fully saturated rings. The number of benzene rings is 2. The van der Waals surface area contributed by atoms with Crippen molar-refractivity contribution in [1.29, 1.82) is 0 Å². The maximum atomic E-state index is 13.4. The first kappa shape index (κ1) is 24.4. The predicted octanol–water partition coefficient (Wildman–Crippen LogP) is 4.28. The minimum atomic E-state index is -0.183. The monoisotopic (exact) mass is 487 g/mol. The molecular formula is C29H37N5O2. The third-order valence-corrected chi connectivity index (χ3v) is 7.89. The molecule has 2 aliphatic heterocycles. The molecule has 3 atom stereocenters. The fourth-order valence-corrected chi connectivity index (χ4v) is 5.70. The number of fused-ring (bicyclic) bond motifs is 1. The molecule has 2 aromatic carbocycles. The van der Waals surface area contributed by atoms with E-state index in [-0.39, 0.29) is 11.9 Å². The van der Waals surface area contributed by atoms with Gasteiger partial charge in [0.1, 0.15) is 5.75 Å². The van der Waals surface area contributed by atoms with Crippen molar-refractivity contribution in [3.63, 3.8) is 0 Å². The number of hydrogen-bond acceptors (Lipinski definition) is 5. The highest BCUT2D eigenvalue weighted by Crippen LogP contribution is 2.35. The summed E-state index contributed by atoms with van der Waals surface area (Å²) in [6.45, 7) is 11.9. The van der Waals surface area contributed by atoms with E-state index < -0.39 is 0 Å². The number of anilines is 1. The molecule has 2 aliphatic rings. The maximum Gasteiger partial charge on any atom is 0.252 e. The van der Waals surface area contributed by atoms with Crippen molar-refractivity contribution in [2.24, 2.45) is 18.9 Å². The Balaban J connectivity index is 1.32. The number of aryl methyl sites for hydroxylation is 2. The highest BCUT2D eigenvalue weighted by molar-refractivity contribution is 5.97. The zero-order chi connectivity index (χ0) is 25.4. The predicted molar refractivity (Wildman–Crippen MR) is 144 cm³/mol. The minimum absolute atomic E-state index is 0.0517. The van der Waals surface area contributed by atoms with Crippen molar-refractivity contribution >= 4 is 11.6 Å². The highest BCUT2D eigenvalue weighted by atomic mass is 16.5. The molecule has 7 heteroatoms. The molecule has 3 heterocycles. The average Bonchev–Trinajstić information content (AvgIpc) is 3.58. The standard InChI is InChI=1S/C29H37N5O2/c1-6-33-15-24-17-34(18-25(24)16-33)26-8-7-19(2)28(12-26)29(35)31-20(3)21-9-22(11-27(10-21)36-5)23-13-30-32(4)14-23/h7-14,20,24-25H,6,15-18H2,1-5H3,(H,31,35)/t20-,24?,25?/m1/s1. The fourth-order valence-electron chi connectivity index (χ4n) is 5.70. The van der Waals surface area contributed by atoms with Crippen LogP contribution in [0.4, 0.5) is 5.69 Å². The summed E-state index contributed by atoms with van der Waals surface area (Å²) in [5.74, 6) is 2.16. The number of nitrogens with one attached hydrogen (secondary N) is 1. The molecule has 0 spiro atoms. The van der Waals surface area contributed by atoms with Gasteiger partial charge in [-0.1, -0.05) is 13.0 Å². The quantitative estimate of drug-likeness (QED) is 0.539. The van der Waals surface area contributed by atoms with Crippen LogP contribution in [0.5, 0.6) is 5.75 Å². The number of nitrogens with zero attached hydrogens (tertiary/aromatic N) is 4. The fraction of sp³-hybridized carbons (Fsp3) is 0.448. The Kier molecular flexibility index (Phi) is 6.75. The molecule has 36 heavy (non-hydrogen) atoms. The molecular weight excluding hydrogens is 450 g/mol. The largest absolute Gasteiger partial charge is 0.497 e. The summed E-state index contributed by atoms with van der Waals surface area (Å²) in [4.78, 5) is 18.4. The third-order valence-electron chi connectivity index (χ3n) is 7.89. The van der Waals surface area contributed by atoms with Crippen molar-refractivity contribution in [3.8, 4) is 16.9 Å². The molecule has 7 nitrogen and oxygen atoms in total. The second kappa shape index (κ2) is 9.97. The van der Waals surface area contributed by atoms with Crippen molar-refractivity contribution in [2.75, 3.05) is 44.7 Å². The molecule has 1 aromatic heterocycles. The summed E-state index contributed by atoms with van der Waals surface area (Å²) in [7, 11) is 3.56. The summed E-state index contributed by atoms with van der Waals surface area (Å²) in [6.07, 6.45) is 3.81. The first-order valence-corrected chi connectivity index (χ1v) is 12.9. The van der Waals surface area contributed by atoms with E-state index in [4.69, 9.17) is 4.74 Å². The van der Waals surface area contributed by atoms with Crippen LogP contribution in [0.1, 0.15) is 41.4 Å². The van der Waals surface area contributed by atoms with Crippen LogP contribution in [0.25, 0.3) is 11.1 Å². The van der Waals surface area contributed by atoms with Gasteiger partial charge in [0.15, 0.2) is 0 Å². The minimum Gasteiger partial charge on any atom is -0.497 e. The molecule has 5 rings (SSSR count). The second-order valence-corrected chi connectivity index (χ2v) is 10.4. The van der Waals surface area contributed by atoms with E-state index in [2.05, 4.69) is 51.4 Å². The SMILES string of the molecule is CCN1CC2CN(c3ccc(C)c(C(=O)N[C@H](C)c4cc(OC)cc(-c5cnn(C)c5)c4)c3)CC2C1. The zero-order valence-electron chi connectivity index (χ0n) is 22.0. The normalized spacial score (nSPS) is 20.4. The lowest BCUT2D eigenvalue weighted by Gasteiger charge is -2.23. The van der Waals surface area contributed by atoms with Gasteiger partial charge in [-0.2, -0.15) is 5.10 Å². The van der Waals surface area contributed by atoms with Gasteiger partial charge in [-0.25, -0.2) is 0 Å². The first-order valence-electron chi connectivity index (χ1n) is 12.9. The number of carbonyl (C=O) groups excluding carboxylic acids is 1. The average molecular weight is 488 g/mol. The summed E-state index contributed by atoms with van der Waals surface area (Å²) in [6, 6.07) is 12.2. The van der Waals surface area contributed by atoms with Gasteiger partial charge in [0.05, 0.1) is 19.3 Å². The van der Waals surface area contributed by atoms with Crippen molar-refractivity contribution < 1.29 is 9.53 Å². The van der Waals surface area contributed by atoms with Gasteiger partial charge in [-0.15, -0.1) is 0 Å². The Hall–Kier alpha value is -3.32. The molecule has 0 bridgehead atoms. The van der Waals surface area contributed by atoms with Gasteiger partial charge in [-0.3, -0.25) is 9.48 Å². The molecule has 1 N–H and O–H groups in total. The van der Waals surface area contributed by atoms with E-state index in [0.29, 0.717) is 0 Å². The lowest BCUT2D eigenvalue weighted by atomic mass is 10.0. The van der Waals surface area contributed by atoms with Gasteiger partial charge in [0.2, 0.25) is 0 Å². The van der Waals surface area contributed by atoms with Crippen LogP contribution in [-0.4, -0.2) is 60.4 Å². The van der Waals surface area contributed by atoms with Crippen molar-refractivity contribution in [1.82, 2.24) is 20.0 Å². The van der Waals surface area contributed by atoms with Crippen LogP contribution in [0.2, 0.25) is 0 Å². The molecule has 2 unspecified atom stereocenters. The summed E-state index contributed by atoms with van der Waals surface area (Å²) < 4.78 is 7.33. The Morgan fingerprint density at radius 3 is 2.50 bits per heavy atom. The third kappa shape index (κ3) is 4.85. The van der Waals surface area contributed by atoms with Crippen LogP contribution in [0.15, 0.2) is 48.8 Å². The van der Waals surface area contributed by atoms with E-state index in [9.17, 15) is 4.79 Å². The lowest BCUT2D eigenvalue weighted by molar-refractivity contribution is 0.0939. The maximum absolute atomic E-state index is 13.4. The smallest absolute Gasteiger partial charge is 0.252 e. The molecule has 0 radical (unpaired) electrons. The lowest BCUT2D eigenvalue weighted by Crippen LogP contribution is -2.30. The Morgan fingerprint density at radius 2 is 1.86 bits per heavy atom. The number of likely N-dealkylation sites (tertiary alicyclic amines) is 1. The van der Waals surface area contributed by atoms with Crippen LogP contribution >= 0.6 is 0 Å². The number of rotatable bonds is 7. The Morgan fingerprint density at radius 1 is 1.11 bits per heavy atom. The number of ether oxygens (including phenoxy) is 1. The Bertz CT molecular complexity index is 1240.